The third-order valence-electron chi connectivity index (χ3n) is 5.01. The van der Waals surface area contributed by atoms with Gasteiger partial charge in [-0.05, 0) is 12.5 Å². The smallest absolute Gasteiger partial charge is 0.255 e. The van der Waals surface area contributed by atoms with Crippen molar-refractivity contribution < 1.29 is 18.7 Å². The number of fused-ring (bicyclic) bond motifs is 1. The highest BCUT2D eigenvalue weighted by atomic mass is 16.5. The SMILES string of the molecule is COCCCn1nc(-c2cocn2)c2c1CCN(C(=O)c1ccc(OC)nc1)C2. The van der Waals surface area contributed by atoms with Gasteiger partial charge >= 0.3 is 0 Å². The quantitative estimate of drug-likeness (QED) is 0.564. The fourth-order valence-corrected chi connectivity index (χ4v) is 3.55. The molecule has 29 heavy (non-hydrogen) atoms. The number of hydrogen-bond donors (Lipinski definition) is 0. The third-order valence-corrected chi connectivity index (χ3v) is 5.01. The normalized spacial score (nSPS) is 13.4. The Labute approximate surface area is 168 Å². The summed E-state index contributed by atoms with van der Waals surface area (Å²) in [7, 11) is 3.24. The van der Waals surface area contributed by atoms with Crippen molar-refractivity contribution in [2.75, 3.05) is 27.4 Å². The molecule has 152 valence electrons. The predicted molar refractivity (Wildman–Crippen MR) is 103 cm³/mol. The van der Waals surface area contributed by atoms with E-state index in [0.29, 0.717) is 36.8 Å². The van der Waals surface area contributed by atoms with Crippen LogP contribution in [0.1, 0.15) is 28.0 Å². The molecule has 0 aromatic carbocycles. The Morgan fingerprint density at radius 2 is 2.17 bits per heavy atom. The van der Waals surface area contributed by atoms with Crippen LogP contribution >= 0.6 is 0 Å². The lowest BCUT2D eigenvalue weighted by molar-refractivity contribution is 0.0733. The second kappa shape index (κ2) is 8.44. The van der Waals surface area contributed by atoms with Crippen LogP contribution < -0.4 is 4.74 Å². The molecule has 1 aliphatic rings. The summed E-state index contributed by atoms with van der Waals surface area (Å²) in [6.45, 7) is 2.51. The standard InChI is InChI=1S/C20H23N5O4/c1-27-9-3-7-25-17-6-8-24(20(26)14-4-5-18(28-2)21-10-14)11-15(17)19(23-25)16-12-29-13-22-16/h4-5,10,12-13H,3,6-9,11H2,1-2H3. The van der Waals surface area contributed by atoms with Gasteiger partial charge in [-0.25, -0.2) is 9.97 Å². The highest BCUT2D eigenvalue weighted by molar-refractivity contribution is 5.94. The molecule has 0 N–H and O–H groups in total. The van der Waals surface area contributed by atoms with Crippen LogP contribution in [-0.4, -0.2) is 57.9 Å². The number of nitrogens with zero attached hydrogens (tertiary/aromatic N) is 5. The van der Waals surface area contributed by atoms with Crippen molar-refractivity contribution in [3.8, 4) is 17.3 Å². The van der Waals surface area contributed by atoms with Gasteiger partial charge in [0.05, 0.1) is 19.2 Å². The van der Waals surface area contributed by atoms with E-state index in [1.165, 1.54) is 6.39 Å². The summed E-state index contributed by atoms with van der Waals surface area (Å²) in [6.07, 6.45) is 6.10. The first kappa shape index (κ1) is 19.1. The molecule has 0 spiro atoms. The maximum absolute atomic E-state index is 13.0. The van der Waals surface area contributed by atoms with E-state index in [2.05, 4.69) is 9.97 Å². The fourth-order valence-electron chi connectivity index (χ4n) is 3.55. The summed E-state index contributed by atoms with van der Waals surface area (Å²) in [5.74, 6) is 0.414. The van der Waals surface area contributed by atoms with Crippen LogP contribution in [-0.2, 0) is 24.2 Å². The zero-order chi connectivity index (χ0) is 20.2. The van der Waals surface area contributed by atoms with Gasteiger partial charge in [-0.2, -0.15) is 5.10 Å². The molecule has 4 rings (SSSR count). The van der Waals surface area contributed by atoms with Crippen molar-refractivity contribution in [2.45, 2.75) is 25.9 Å². The van der Waals surface area contributed by atoms with E-state index in [1.54, 1.807) is 38.8 Å². The van der Waals surface area contributed by atoms with Gasteiger partial charge in [0.1, 0.15) is 17.7 Å². The van der Waals surface area contributed by atoms with Gasteiger partial charge in [0, 0.05) is 56.7 Å². The predicted octanol–water partition coefficient (Wildman–Crippen LogP) is 2.18. The molecule has 1 aliphatic heterocycles. The first-order valence-electron chi connectivity index (χ1n) is 9.46. The zero-order valence-corrected chi connectivity index (χ0v) is 16.5. The van der Waals surface area contributed by atoms with Crippen LogP contribution in [0, 0.1) is 0 Å². The van der Waals surface area contributed by atoms with E-state index < -0.39 is 0 Å². The number of carbonyl (C=O) groups excluding carboxylic acids is 1. The van der Waals surface area contributed by atoms with E-state index in [0.717, 1.165) is 36.3 Å². The van der Waals surface area contributed by atoms with Crippen LogP contribution in [0.25, 0.3) is 11.4 Å². The minimum Gasteiger partial charge on any atom is -0.481 e. The van der Waals surface area contributed by atoms with Crippen LogP contribution in [0.3, 0.4) is 0 Å². The van der Waals surface area contributed by atoms with E-state index in [1.807, 2.05) is 9.58 Å². The highest BCUT2D eigenvalue weighted by Gasteiger charge is 2.29. The van der Waals surface area contributed by atoms with Crippen LogP contribution in [0.2, 0.25) is 0 Å². The van der Waals surface area contributed by atoms with Crippen molar-refractivity contribution in [3.05, 3.63) is 47.8 Å². The molecule has 1 amide bonds. The van der Waals surface area contributed by atoms with Crippen molar-refractivity contribution in [1.29, 1.82) is 0 Å². The summed E-state index contributed by atoms with van der Waals surface area (Å²) in [4.78, 5) is 23.2. The lowest BCUT2D eigenvalue weighted by Gasteiger charge is -2.28. The molecular formula is C20H23N5O4. The lowest BCUT2D eigenvalue weighted by atomic mass is 10.0. The molecule has 0 saturated heterocycles. The second-order valence-electron chi connectivity index (χ2n) is 6.78. The minimum absolute atomic E-state index is 0.0657. The van der Waals surface area contributed by atoms with Crippen LogP contribution in [0.4, 0.5) is 0 Å². The molecule has 0 fully saturated rings. The maximum Gasteiger partial charge on any atom is 0.255 e. The molecule has 0 radical (unpaired) electrons. The molecule has 0 atom stereocenters. The number of aryl methyl sites for hydroxylation is 1. The van der Waals surface area contributed by atoms with Crippen LogP contribution in [0.15, 0.2) is 35.4 Å². The largest absolute Gasteiger partial charge is 0.481 e. The lowest BCUT2D eigenvalue weighted by Crippen LogP contribution is -2.36. The molecule has 0 aliphatic carbocycles. The Kier molecular flexibility index (Phi) is 5.57. The number of methoxy groups -OCH3 is 2. The zero-order valence-electron chi connectivity index (χ0n) is 16.5. The number of hydrogen-bond acceptors (Lipinski definition) is 7. The second-order valence-corrected chi connectivity index (χ2v) is 6.78. The number of rotatable bonds is 7. The third kappa shape index (κ3) is 3.86. The molecule has 0 bridgehead atoms. The Morgan fingerprint density at radius 3 is 2.86 bits per heavy atom. The number of ether oxygens (including phenoxy) is 2. The molecular weight excluding hydrogens is 374 g/mol. The van der Waals surface area contributed by atoms with Crippen molar-refractivity contribution in [1.82, 2.24) is 24.6 Å². The average molecular weight is 397 g/mol. The monoisotopic (exact) mass is 397 g/mol. The first-order chi connectivity index (χ1) is 14.2. The molecule has 9 nitrogen and oxygen atoms in total. The average Bonchev–Trinajstić information content (AvgIpc) is 3.41. The van der Waals surface area contributed by atoms with Gasteiger partial charge in [-0.1, -0.05) is 0 Å². The molecule has 3 aromatic heterocycles. The molecule has 0 saturated carbocycles. The number of carbonyl (C=O) groups is 1. The molecule has 0 unspecified atom stereocenters. The Hall–Kier alpha value is -3.20. The molecule has 4 heterocycles. The maximum atomic E-state index is 13.0. The van der Waals surface area contributed by atoms with Gasteiger partial charge in [0.2, 0.25) is 5.88 Å². The minimum atomic E-state index is -0.0657. The van der Waals surface area contributed by atoms with Crippen LogP contribution in [0.5, 0.6) is 5.88 Å². The van der Waals surface area contributed by atoms with Gasteiger partial charge < -0.3 is 18.8 Å². The number of pyridine rings is 1. The van der Waals surface area contributed by atoms with Gasteiger partial charge in [-0.15, -0.1) is 0 Å². The van der Waals surface area contributed by atoms with Gasteiger partial charge in [0.15, 0.2) is 6.39 Å². The Bertz CT molecular complexity index is 966. The van der Waals surface area contributed by atoms with E-state index in [9.17, 15) is 4.79 Å². The number of oxazole rings is 1. The number of amides is 1. The first-order valence-corrected chi connectivity index (χ1v) is 9.46. The fraction of sp³-hybridized carbons (Fsp3) is 0.400. The van der Waals surface area contributed by atoms with E-state index in [-0.39, 0.29) is 5.91 Å². The summed E-state index contributed by atoms with van der Waals surface area (Å²) in [5.41, 5.74) is 4.11. The Balaban J connectivity index is 1.60. The van der Waals surface area contributed by atoms with E-state index >= 15 is 0 Å². The van der Waals surface area contributed by atoms with Crippen molar-refractivity contribution in [2.24, 2.45) is 0 Å². The number of aromatic nitrogens is 4. The molecule has 9 heteroatoms. The summed E-state index contributed by atoms with van der Waals surface area (Å²) in [6, 6.07) is 3.42. The van der Waals surface area contributed by atoms with Crippen molar-refractivity contribution >= 4 is 5.91 Å². The summed E-state index contributed by atoms with van der Waals surface area (Å²) < 4.78 is 17.4. The van der Waals surface area contributed by atoms with Gasteiger partial charge in [-0.3, -0.25) is 9.48 Å². The Morgan fingerprint density at radius 1 is 1.28 bits per heavy atom. The summed E-state index contributed by atoms with van der Waals surface area (Å²) in [5, 5.41) is 4.77. The molecule has 3 aromatic rings. The highest BCUT2D eigenvalue weighted by Crippen LogP contribution is 2.30. The van der Waals surface area contributed by atoms with Crippen molar-refractivity contribution in [3.63, 3.8) is 0 Å². The van der Waals surface area contributed by atoms with Gasteiger partial charge in [0.25, 0.3) is 5.91 Å². The summed E-state index contributed by atoms with van der Waals surface area (Å²) >= 11 is 0. The van der Waals surface area contributed by atoms with E-state index in [4.69, 9.17) is 19.0 Å². The topological polar surface area (TPSA) is 95.5 Å².